The number of rotatable bonds is 6. The van der Waals surface area contributed by atoms with Gasteiger partial charge in [0.2, 0.25) is 5.89 Å². The van der Waals surface area contributed by atoms with E-state index in [4.69, 9.17) is 9.26 Å². The van der Waals surface area contributed by atoms with Gasteiger partial charge in [0.15, 0.2) is 5.82 Å². The van der Waals surface area contributed by atoms with E-state index in [1.165, 1.54) is 0 Å². The van der Waals surface area contributed by atoms with Crippen molar-refractivity contribution in [2.75, 3.05) is 20.3 Å². The fraction of sp³-hybridized carbons (Fsp3) is 0.833. The number of ether oxygens (including phenoxy) is 1. The van der Waals surface area contributed by atoms with Crippen LogP contribution >= 0.6 is 0 Å². The molecule has 1 aliphatic rings. The van der Waals surface area contributed by atoms with Crippen LogP contribution in [0.5, 0.6) is 0 Å². The Labute approximate surface area is 102 Å². The highest BCUT2D eigenvalue weighted by Crippen LogP contribution is 2.16. The van der Waals surface area contributed by atoms with Gasteiger partial charge in [-0.2, -0.15) is 4.98 Å². The van der Waals surface area contributed by atoms with Crippen LogP contribution in [-0.2, 0) is 17.6 Å². The van der Waals surface area contributed by atoms with Crippen molar-refractivity contribution < 1.29 is 9.26 Å². The lowest BCUT2D eigenvalue weighted by molar-refractivity contribution is 0.185. The summed E-state index contributed by atoms with van der Waals surface area (Å²) in [6.07, 6.45) is 3.85. The highest BCUT2D eigenvalue weighted by molar-refractivity contribution is 4.90. The van der Waals surface area contributed by atoms with Crippen molar-refractivity contribution in [3.8, 4) is 0 Å². The number of nitrogens with zero attached hydrogens (tertiary/aromatic N) is 2. The maximum Gasteiger partial charge on any atom is 0.226 e. The van der Waals surface area contributed by atoms with Crippen LogP contribution in [0.25, 0.3) is 0 Å². The van der Waals surface area contributed by atoms with E-state index in [0.29, 0.717) is 12.0 Å². The zero-order chi connectivity index (χ0) is 12.1. The Morgan fingerprint density at radius 3 is 3.12 bits per heavy atom. The molecule has 1 aliphatic heterocycles. The number of nitrogens with one attached hydrogen (secondary N) is 1. The van der Waals surface area contributed by atoms with Gasteiger partial charge >= 0.3 is 0 Å². The van der Waals surface area contributed by atoms with Crippen molar-refractivity contribution in [3.05, 3.63) is 11.7 Å². The summed E-state index contributed by atoms with van der Waals surface area (Å²) in [5.41, 5.74) is 0. The van der Waals surface area contributed by atoms with E-state index in [1.54, 1.807) is 0 Å². The molecular formula is C12H21N3O2. The Balaban J connectivity index is 1.78. The molecule has 0 spiro atoms. The third kappa shape index (κ3) is 3.78. The van der Waals surface area contributed by atoms with Gasteiger partial charge in [-0.05, 0) is 32.7 Å². The molecule has 1 fully saturated rings. The van der Waals surface area contributed by atoms with Gasteiger partial charge in [0.25, 0.3) is 0 Å². The van der Waals surface area contributed by atoms with Crippen LogP contribution in [0.2, 0.25) is 0 Å². The minimum absolute atomic E-state index is 0.480. The highest BCUT2D eigenvalue weighted by Gasteiger charge is 2.19. The smallest absolute Gasteiger partial charge is 0.226 e. The first-order valence-electron chi connectivity index (χ1n) is 6.34. The Hall–Kier alpha value is -0.940. The van der Waals surface area contributed by atoms with Gasteiger partial charge in [0.1, 0.15) is 0 Å². The third-order valence-electron chi connectivity index (χ3n) is 3.29. The third-order valence-corrected chi connectivity index (χ3v) is 3.29. The standard InChI is InChI=1S/C12H21N3O2/c1-9(13-2)3-4-12-14-11(15-17-12)7-10-5-6-16-8-10/h9-10,13H,3-8H2,1-2H3. The molecule has 2 rings (SSSR count). The van der Waals surface area contributed by atoms with Crippen LogP contribution < -0.4 is 5.32 Å². The molecule has 0 aliphatic carbocycles. The molecule has 0 aromatic carbocycles. The zero-order valence-electron chi connectivity index (χ0n) is 10.6. The second kappa shape index (κ2) is 6.12. The molecule has 1 aromatic heterocycles. The van der Waals surface area contributed by atoms with Crippen molar-refractivity contribution in [2.24, 2.45) is 5.92 Å². The van der Waals surface area contributed by atoms with Crippen LogP contribution in [0.3, 0.4) is 0 Å². The topological polar surface area (TPSA) is 60.2 Å². The predicted molar refractivity (Wildman–Crippen MR) is 63.8 cm³/mol. The summed E-state index contributed by atoms with van der Waals surface area (Å²) >= 11 is 0. The predicted octanol–water partition coefficient (Wildman–Crippen LogP) is 1.19. The van der Waals surface area contributed by atoms with E-state index >= 15 is 0 Å². The van der Waals surface area contributed by atoms with Crippen LogP contribution in [-0.4, -0.2) is 36.4 Å². The number of aryl methyl sites for hydroxylation is 1. The lowest BCUT2D eigenvalue weighted by Gasteiger charge is -2.06. The molecule has 0 radical (unpaired) electrons. The lowest BCUT2D eigenvalue weighted by Crippen LogP contribution is -2.21. The van der Waals surface area contributed by atoms with Gasteiger partial charge in [-0.3, -0.25) is 0 Å². The van der Waals surface area contributed by atoms with Crippen molar-refractivity contribution in [3.63, 3.8) is 0 Å². The molecule has 1 saturated heterocycles. The van der Waals surface area contributed by atoms with Crippen molar-refractivity contribution >= 4 is 0 Å². The van der Waals surface area contributed by atoms with E-state index in [0.717, 1.165) is 50.6 Å². The minimum atomic E-state index is 0.480. The minimum Gasteiger partial charge on any atom is -0.381 e. The monoisotopic (exact) mass is 239 g/mol. The van der Waals surface area contributed by atoms with E-state index in [2.05, 4.69) is 22.4 Å². The second-order valence-corrected chi connectivity index (χ2v) is 4.77. The summed E-state index contributed by atoms with van der Waals surface area (Å²) in [4.78, 5) is 4.42. The summed E-state index contributed by atoms with van der Waals surface area (Å²) in [6.45, 7) is 3.85. The number of hydrogen-bond acceptors (Lipinski definition) is 5. The average molecular weight is 239 g/mol. The largest absolute Gasteiger partial charge is 0.381 e. The van der Waals surface area contributed by atoms with Gasteiger partial charge in [-0.25, -0.2) is 0 Å². The van der Waals surface area contributed by atoms with Crippen molar-refractivity contribution in [1.29, 1.82) is 0 Å². The first-order valence-corrected chi connectivity index (χ1v) is 6.34. The zero-order valence-corrected chi connectivity index (χ0v) is 10.6. The quantitative estimate of drug-likeness (QED) is 0.808. The van der Waals surface area contributed by atoms with Gasteiger partial charge in [0.05, 0.1) is 0 Å². The summed E-state index contributed by atoms with van der Waals surface area (Å²) in [6, 6.07) is 0.480. The molecule has 96 valence electrons. The highest BCUT2D eigenvalue weighted by atomic mass is 16.5. The lowest BCUT2D eigenvalue weighted by atomic mass is 10.1. The molecule has 2 unspecified atom stereocenters. The van der Waals surface area contributed by atoms with Crippen LogP contribution in [0.4, 0.5) is 0 Å². The Morgan fingerprint density at radius 2 is 2.41 bits per heavy atom. The number of aromatic nitrogens is 2. The Morgan fingerprint density at radius 1 is 1.53 bits per heavy atom. The summed E-state index contributed by atoms with van der Waals surface area (Å²) in [7, 11) is 1.96. The molecule has 0 amide bonds. The molecule has 1 aromatic rings. The van der Waals surface area contributed by atoms with Gasteiger partial charge in [-0.1, -0.05) is 5.16 Å². The fourth-order valence-electron chi connectivity index (χ4n) is 1.96. The van der Waals surface area contributed by atoms with Gasteiger partial charge in [-0.15, -0.1) is 0 Å². The fourth-order valence-corrected chi connectivity index (χ4v) is 1.96. The Bertz CT molecular complexity index is 334. The van der Waals surface area contributed by atoms with E-state index in [1.807, 2.05) is 7.05 Å². The molecule has 0 saturated carbocycles. The van der Waals surface area contributed by atoms with Crippen LogP contribution in [0, 0.1) is 5.92 Å². The number of hydrogen-bond donors (Lipinski definition) is 1. The molecule has 2 heterocycles. The average Bonchev–Trinajstić information content (AvgIpc) is 2.98. The summed E-state index contributed by atoms with van der Waals surface area (Å²) in [5, 5.41) is 7.22. The molecule has 5 heteroatoms. The van der Waals surface area contributed by atoms with E-state index in [-0.39, 0.29) is 0 Å². The van der Waals surface area contributed by atoms with Crippen molar-refractivity contribution in [2.45, 2.75) is 38.6 Å². The maximum absolute atomic E-state index is 5.34. The normalized spacial score (nSPS) is 21.9. The van der Waals surface area contributed by atoms with E-state index < -0.39 is 0 Å². The molecule has 1 N–H and O–H groups in total. The molecule has 5 nitrogen and oxygen atoms in total. The SMILES string of the molecule is CNC(C)CCc1nc(CC2CCOC2)no1. The first kappa shape index (κ1) is 12.5. The van der Waals surface area contributed by atoms with Crippen LogP contribution in [0.1, 0.15) is 31.5 Å². The summed E-state index contributed by atoms with van der Waals surface area (Å²) in [5.74, 6) is 2.14. The van der Waals surface area contributed by atoms with Crippen LogP contribution in [0.15, 0.2) is 4.52 Å². The van der Waals surface area contributed by atoms with Crippen molar-refractivity contribution in [1.82, 2.24) is 15.5 Å². The molecular weight excluding hydrogens is 218 g/mol. The van der Waals surface area contributed by atoms with E-state index in [9.17, 15) is 0 Å². The molecule has 2 atom stereocenters. The second-order valence-electron chi connectivity index (χ2n) is 4.77. The molecule has 0 bridgehead atoms. The van der Waals surface area contributed by atoms with Gasteiger partial charge < -0.3 is 14.6 Å². The maximum atomic E-state index is 5.34. The Kier molecular flexibility index (Phi) is 4.50. The summed E-state index contributed by atoms with van der Waals surface area (Å²) < 4.78 is 10.6. The first-order chi connectivity index (χ1) is 8.28. The molecule has 17 heavy (non-hydrogen) atoms. The van der Waals surface area contributed by atoms with Gasteiger partial charge in [0, 0.05) is 32.1 Å².